The number of hydrogen-bond acceptors (Lipinski definition) is 2. The number of halogens is 1. The van der Waals surface area contributed by atoms with Crippen molar-refractivity contribution < 1.29 is 19.1 Å². The highest BCUT2D eigenvalue weighted by Gasteiger charge is 2.26. The summed E-state index contributed by atoms with van der Waals surface area (Å²) in [6.45, 7) is 3.47. The van der Waals surface area contributed by atoms with Gasteiger partial charge >= 0.3 is 12.0 Å². The van der Waals surface area contributed by atoms with E-state index in [-0.39, 0.29) is 17.3 Å². The van der Waals surface area contributed by atoms with Crippen LogP contribution in [0.4, 0.5) is 14.9 Å². The minimum absolute atomic E-state index is 0.00365. The van der Waals surface area contributed by atoms with Crippen molar-refractivity contribution in [1.82, 2.24) is 4.90 Å². The molecule has 0 aliphatic carbocycles. The van der Waals surface area contributed by atoms with Crippen molar-refractivity contribution in [3.8, 4) is 0 Å². The van der Waals surface area contributed by atoms with Crippen LogP contribution in [-0.4, -0.2) is 35.1 Å². The number of aromatic carboxylic acids is 1. The fourth-order valence-corrected chi connectivity index (χ4v) is 2.60. The van der Waals surface area contributed by atoms with Crippen molar-refractivity contribution in [1.29, 1.82) is 0 Å². The second kappa shape index (κ2) is 6.56. The summed E-state index contributed by atoms with van der Waals surface area (Å²) < 4.78 is 13.8. The normalized spacial score (nSPS) is 17.8. The molecule has 6 heteroatoms. The highest BCUT2D eigenvalue weighted by molar-refractivity contribution is 5.91. The molecule has 0 spiro atoms. The smallest absolute Gasteiger partial charge is 0.335 e. The van der Waals surface area contributed by atoms with E-state index in [2.05, 4.69) is 12.2 Å². The summed E-state index contributed by atoms with van der Waals surface area (Å²) in [5.41, 5.74) is -0.140. The highest BCUT2D eigenvalue weighted by atomic mass is 19.1. The summed E-state index contributed by atoms with van der Waals surface area (Å²) in [4.78, 5) is 24.5. The lowest BCUT2D eigenvalue weighted by molar-refractivity contribution is 0.0696. The molecule has 0 radical (unpaired) electrons. The zero-order chi connectivity index (χ0) is 15.4. The topological polar surface area (TPSA) is 69.6 Å². The van der Waals surface area contributed by atoms with E-state index in [9.17, 15) is 14.0 Å². The average molecular weight is 294 g/mol. The maximum absolute atomic E-state index is 13.8. The van der Waals surface area contributed by atoms with Crippen LogP contribution in [0.1, 0.15) is 36.5 Å². The van der Waals surface area contributed by atoms with Gasteiger partial charge in [-0.25, -0.2) is 14.0 Å². The lowest BCUT2D eigenvalue weighted by Gasteiger charge is -2.17. The third-order valence-corrected chi connectivity index (χ3v) is 3.73. The lowest BCUT2D eigenvalue weighted by atomic mass is 10.0. The first-order valence-corrected chi connectivity index (χ1v) is 7.10. The van der Waals surface area contributed by atoms with E-state index < -0.39 is 11.8 Å². The Labute approximate surface area is 122 Å². The molecule has 0 bridgehead atoms. The van der Waals surface area contributed by atoms with Gasteiger partial charge in [0.2, 0.25) is 0 Å². The molecule has 1 atom stereocenters. The van der Waals surface area contributed by atoms with Gasteiger partial charge in [0, 0.05) is 13.1 Å². The van der Waals surface area contributed by atoms with Gasteiger partial charge in [-0.15, -0.1) is 0 Å². The van der Waals surface area contributed by atoms with Gasteiger partial charge in [0.15, 0.2) is 0 Å². The third kappa shape index (κ3) is 3.71. The largest absolute Gasteiger partial charge is 0.478 e. The van der Waals surface area contributed by atoms with Crippen molar-refractivity contribution in [2.24, 2.45) is 5.92 Å². The summed E-state index contributed by atoms with van der Waals surface area (Å²) in [5.74, 6) is -1.43. The zero-order valence-corrected chi connectivity index (χ0v) is 11.9. The molecule has 1 saturated heterocycles. The maximum atomic E-state index is 13.8. The molecule has 0 saturated carbocycles. The van der Waals surface area contributed by atoms with Crippen LogP contribution in [-0.2, 0) is 0 Å². The summed E-state index contributed by atoms with van der Waals surface area (Å²) >= 11 is 0. The van der Waals surface area contributed by atoms with Crippen LogP contribution in [0.2, 0.25) is 0 Å². The molecular weight excluding hydrogens is 275 g/mol. The van der Waals surface area contributed by atoms with Crippen molar-refractivity contribution in [2.45, 2.75) is 26.2 Å². The molecule has 1 fully saturated rings. The molecule has 21 heavy (non-hydrogen) atoms. The van der Waals surface area contributed by atoms with Crippen LogP contribution in [0.3, 0.4) is 0 Å². The van der Waals surface area contributed by atoms with Crippen molar-refractivity contribution >= 4 is 17.7 Å². The predicted molar refractivity (Wildman–Crippen MR) is 77.0 cm³/mol. The predicted octanol–water partition coefficient (Wildman–Crippen LogP) is 3.18. The molecule has 1 heterocycles. The SMILES string of the molecule is CCCC1CCN(C(=O)Nc2ccc(C(=O)O)cc2F)C1. The molecule has 5 nitrogen and oxygen atoms in total. The van der Waals surface area contributed by atoms with Crippen LogP contribution >= 0.6 is 0 Å². The Balaban J connectivity index is 1.99. The number of urea groups is 1. The Hall–Kier alpha value is -2.11. The first kappa shape index (κ1) is 15.3. The number of hydrogen-bond donors (Lipinski definition) is 2. The van der Waals surface area contributed by atoms with Gasteiger partial charge in [-0.3, -0.25) is 0 Å². The average Bonchev–Trinajstić information content (AvgIpc) is 2.90. The Bertz CT molecular complexity index is 548. The van der Waals surface area contributed by atoms with E-state index in [1.165, 1.54) is 12.1 Å². The summed E-state index contributed by atoms with van der Waals surface area (Å²) in [6, 6.07) is 3.11. The van der Waals surface area contributed by atoms with Crippen molar-refractivity contribution in [2.75, 3.05) is 18.4 Å². The van der Waals surface area contributed by atoms with E-state index in [0.717, 1.165) is 25.3 Å². The monoisotopic (exact) mass is 294 g/mol. The summed E-state index contributed by atoms with van der Waals surface area (Å²) in [6.07, 6.45) is 3.15. The van der Waals surface area contributed by atoms with E-state index in [1.54, 1.807) is 4.90 Å². The molecule has 2 N–H and O–H groups in total. The number of likely N-dealkylation sites (tertiary alicyclic amines) is 1. The molecule has 114 valence electrons. The number of anilines is 1. The molecule has 1 aromatic rings. The van der Waals surface area contributed by atoms with Crippen molar-refractivity contribution in [3.05, 3.63) is 29.6 Å². The van der Waals surface area contributed by atoms with Gasteiger partial charge in [0.1, 0.15) is 5.82 Å². The van der Waals surface area contributed by atoms with Crippen molar-refractivity contribution in [3.63, 3.8) is 0 Å². The molecule has 1 unspecified atom stereocenters. The first-order valence-electron chi connectivity index (χ1n) is 7.10. The quantitative estimate of drug-likeness (QED) is 0.896. The number of carboxylic acids is 1. The van der Waals surface area contributed by atoms with E-state index in [0.29, 0.717) is 19.0 Å². The second-order valence-electron chi connectivity index (χ2n) is 5.32. The van der Waals surface area contributed by atoms with Crippen LogP contribution in [0, 0.1) is 11.7 Å². The number of amides is 2. The number of nitrogens with zero attached hydrogens (tertiary/aromatic N) is 1. The molecule has 1 aliphatic rings. The number of rotatable bonds is 4. The lowest BCUT2D eigenvalue weighted by Crippen LogP contribution is -2.33. The van der Waals surface area contributed by atoms with Crippen LogP contribution in [0.15, 0.2) is 18.2 Å². The Morgan fingerprint density at radius 1 is 1.48 bits per heavy atom. The van der Waals surface area contributed by atoms with Gasteiger partial charge in [0.25, 0.3) is 0 Å². The summed E-state index contributed by atoms with van der Waals surface area (Å²) in [7, 11) is 0. The fraction of sp³-hybridized carbons (Fsp3) is 0.467. The fourth-order valence-electron chi connectivity index (χ4n) is 2.60. The molecule has 2 rings (SSSR count). The standard InChI is InChI=1S/C15H19FN2O3/c1-2-3-10-6-7-18(9-10)15(21)17-13-5-4-11(14(19)20)8-12(13)16/h4-5,8,10H,2-3,6-7,9H2,1H3,(H,17,21)(H,19,20). The minimum Gasteiger partial charge on any atom is -0.478 e. The van der Waals surface area contributed by atoms with Crippen LogP contribution < -0.4 is 5.32 Å². The van der Waals surface area contributed by atoms with Gasteiger partial charge < -0.3 is 15.3 Å². The van der Waals surface area contributed by atoms with E-state index >= 15 is 0 Å². The highest BCUT2D eigenvalue weighted by Crippen LogP contribution is 2.22. The number of carboxylic acid groups (broad SMARTS) is 1. The van der Waals surface area contributed by atoms with Gasteiger partial charge in [0.05, 0.1) is 11.3 Å². The summed E-state index contributed by atoms with van der Waals surface area (Å²) in [5, 5.41) is 11.3. The molecule has 1 aliphatic heterocycles. The van der Waals surface area contributed by atoms with E-state index in [4.69, 9.17) is 5.11 Å². The maximum Gasteiger partial charge on any atom is 0.335 e. The first-order chi connectivity index (χ1) is 10.0. The Morgan fingerprint density at radius 3 is 2.86 bits per heavy atom. The number of benzene rings is 1. The third-order valence-electron chi connectivity index (χ3n) is 3.73. The molecule has 0 aromatic heterocycles. The Kier molecular flexibility index (Phi) is 4.77. The molecule has 1 aromatic carbocycles. The number of nitrogens with one attached hydrogen (secondary N) is 1. The van der Waals surface area contributed by atoms with Crippen LogP contribution in [0.5, 0.6) is 0 Å². The number of carbonyl (C=O) groups excluding carboxylic acids is 1. The molecular formula is C15H19FN2O3. The number of carbonyl (C=O) groups is 2. The van der Waals surface area contributed by atoms with E-state index in [1.807, 2.05) is 0 Å². The van der Waals surface area contributed by atoms with Gasteiger partial charge in [-0.05, 0) is 37.0 Å². The molecule has 2 amide bonds. The van der Waals surface area contributed by atoms with Gasteiger partial charge in [-0.2, -0.15) is 0 Å². The van der Waals surface area contributed by atoms with Gasteiger partial charge in [-0.1, -0.05) is 13.3 Å². The second-order valence-corrected chi connectivity index (χ2v) is 5.32. The Morgan fingerprint density at radius 2 is 2.24 bits per heavy atom. The minimum atomic E-state index is -1.20. The zero-order valence-electron chi connectivity index (χ0n) is 11.9. The van der Waals surface area contributed by atoms with Crippen LogP contribution in [0.25, 0.3) is 0 Å².